The molecule has 12 heteroatoms. The topological polar surface area (TPSA) is 101 Å². The molecule has 1 aliphatic rings. The van der Waals surface area contributed by atoms with Crippen LogP contribution < -0.4 is 14.4 Å². The van der Waals surface area contributed by atoms with Crippen molar-refractivity contribution < 1.29 is 22.6 Å². The van der Waals surface area contributed by atoms with E-state index in [4.69, 9.17) is 9.72 Å². The number of benzene rings is 1. The fourth-order valence-corrected chi connectivity index (χ4v) is 4.40. The maximum Gasteiger partial charge on any atom is 0.573 e. The van der Waals surface area contributed by atoms with Crippen LogP contribution in [-0.2, 0) is 0 Å². The van der Waals surface area contributed by atoms with Gasteiger partial charge in [-0.3, -0.25) is 4.40 Å². The van der Waals surface area contributed by atoms with Gasteiger partial charge in [0.25, 0.3) is 5.78 Å². The second-order valence-corrected chi connectivity index (χ2v) is 8.15. The average molecular weight is 483 g/mol. The van der Waals surface area contributed by atoms with E-state index in [1.54, 1.807) is 16.8 Å². The van der Waals surface area contributed by atoms with Crippen molar-refractivity contribution in [3.05, 3.63) is 48.4 Å². The van der Waals surface area contributed by atoms with Gasteiger partial charge in [-0.1, -0.05) is 6.92 Å². The smallest absolute Gasteiger partial charge is 0.490 e. The van der Waals surface area contributed by atoms with E-state index < -0.39 is 6.36 Å². The summed E-state index contributed by atoms with van der Waals surface area (Å²) >= 11 is 0. The summed E-state index contributed by atoms with van der Waals surface area (Å²) in [5, 5.41) is 17.4. The van der Waals surface area contributed by atoms with E-state index >= 15 is 0 Å². The number of nitriles is 1. The lowest BCUT2D eigenvalue weighted by Gasteiger charge is -2.40. The summed E-state index contributed by atoms with van der Waals surface area (Å²) in [5.74, 6) is 1.25. The largest absolute Gasteiger partial charge is 0.573 e. The third-order valence-corrected chi connectivity index (χ3v) is 5.97. The van der Waals surface area contributed by atoms with Crippen LogP contribution in [0.15, 0.2) is 42.7 Å². The highest BCUT2D eigenvalue weighted by atomic mass is 19.4. The monoisotopic (exact) mass is 483 g/mol. The van der Waals surface area contributed by atoms with E-state index in [1.807, 2.05) is 6.07 Å². The molecule has 1 aliphatic heterocycles. The average Bonchev–Trinajstić information content (AvgIpc) is 3.32. The lowest BCUT2D eigenvalue weighted by molar-refractivity contribution is -0.274. The summed E-state index contributed by atoms with van der Waals surface area (Å²) in [6.45, 7) is 2.68. The molecule has 0 aliphatic carbocycles. The van der Waals surface area contributed by atoms with Crippen LogP contribution in [-0.4, -0.2) is 49.6 Å². The molecule has 0 amide bonds. The Labute approximate surface area is 197 Å². The summed E-state index contributed by atoms with van der Waals surface area (Å²) in [6.07, 6.45) is -1.16. The second-order valence-electron chi connectivity index (χ2n) is 8.15. The van der Waals surface area contributed by atoms with Crippen molar-refractivity contribution >= 4 is 22.6 Å². The molecule has 0 N–H and O–H groups in total. The van der Waals surface area contributed by atoms with E-state index in [0.29, 0.717) is 42.2 Å². The number of halogens is 3. The summed E-state index contributed by atoms with van der Waals surface area (Å²) in [4.78, 5) is 11.4. The zero-order valence-electron chi connectivity index (χ0n) is 18.6. The summed E-state index contributed by atoms with van der Waals surface area (Å²) in [7, 11) is 0. The number of alkyl halides is 3. The van der Waals surface area contributed by atoms with E-state index in [0.717, 1.165) is 11.9 Å². The van der Waals surface area contributed by atoms with E-state index in [1.165, 1.54) is 24.3 Å². The number of nitrogens with zero attached hydrogens (tertiary/aromatic N) is 7. The minimum absolute atomic E-state index is 0.0650. The van der Waals surface area contributed by atoms with Crippen LogP contribution in [0.4, 0.5) is 19.0 Å². The number of ether oxygens (including phenoxy) is 2. The highest BCUT2D eigenvalue weighted by molar-refractivity contribution is 5.88. The van der Waals surface area contributed by atoms with Crippen molar-refractivity contribution in [2.45, 2.75) is 44.7 Å². The minimum Gasteiger partial charge on any atom is -0.490 e. The molecule has 35 heavy (non-hydrogen) atoms. The van der Waals surface area contributed by atoms with Crippen molar-refractivity contribution in [3.63, 3.8) is 0 Å². The Morgan fingerprint density at radius 3 is 2.60 bits per heavy atom. The Kier molecular flexibility index (Phi) is 5.76. The van der Waals surface area contributed by atoms with E-state index in [2.05, 4.69) is 37.8 Å². The minimum atomic E-state index is -4.74. The van der Waals surface area contributed by atoms with Crippen molar-refractivity contribution in [1.82, 2.24) is 24.6 Å². The molecule has 5 rings (SSSR count). The molecule has 1 saturated heterocycles. The quantitative estimate of drug-likeness (QED) is 0.415. The fraction of sp³-hybridized carbons (Fsp3) is 0.348. The van der Waals surface area contributed by atoms with Gasteiger partial charge in [0.05, 0.1) is 5.52 Å². The first kappa shape index (κ1) is 22.6. The molecule has 1 fully saturated rings. The van der Waals surface area contributed by atoms with Crippen molar-refractivity contribution in [2.24, 2.45) is 0 Å². The molecule has 0 unspecified atom stereocenters. The van der Waals surface area contributed by atoms with Crippen LogP contribution in [0.1, 0.15) is 31.9 Å². The second kappa shape index (κ2) is 8.90. The maximum absolute atomic E-state index is 12.4. The van der Waals surface area contributed by atoms with Gasteiger partial charge >= 0.3 is 6.36 Å². The number of hydrogen-bond acceptors (Lipinski definition) is 8. The first-order chi connectivity index (χ1) is 16.8. The zero-order valence-corrected chi connectivity index (χ0v) is 18.6. The Morgan fingerprint density at radius 1 is 1.11 bits per heavy atom. The molecule has 4 aromatic rings. The van der Waals surface area contributed by atoms with Gasteiger partial charge in [0, 0.05) is 25.4 Å². The molecule has 9 nitrogen and oxygen atoms in total. The van der Waals surface area contributed by atoms with Crippen LogP contribution in [0.3, 0.4) is 0 Å². The summed E-state index contributed by atoms with van der Waals surface area (Å²) in [5.41, 5.74) is 1.63. The van der Waals surface area contributed by atoms with Crippen molar-refractivity contribution in [1.29, 1.82) is 5.26 Å². The fourth-order valence-electron chi connectivity index (χ4n) is 4.40. The van der Waals surface area contributed by atoms with Gasteiger partial charge in [-0.25, -0.2) is 4.98 Å². The number of pyridine rings is 1. The van der Waals surface area contributed by atoms with Crippen molar-refractivity contribution in [3.8, 4) is 17.6 Å². The molecule has 0 radical (unpaired) electrons. The van der Waals surface area contributed by atoms with Gasteiger partial charge in [0.1, 0.15) is 41.2 Å². The molecule has 0 saturated carbocycles. The van der Waals surface area contributed by atoms with Crippen molar-refractivity contribution in [2.75, 3.05) is 11.4 Å². The normalized spacial score (nSPS) is 18.5. The molecule has 180 valence electrons. The number of aromatic nitrogens is 5. The number of piperidine rings is 1. The van der Waals surface area contributed by atoms with Gasteiger partial charge in [0.15, 0.2) is 5.82 Å². The molecular weight excluding hydrogens is 463 g/mol. The molecule has 1 aromatic carbocycles. The van der Waals surface area contributed by atoms with Crippen LogP contribution >= 0.6 is 0 Å². The molecular formula is C23H20F3N7O2. The summed E-state index contributed by atoms with van der Waals surface area (Å²) < 4.78 is 48.9. The van der Waals surface area contributed by atoms with E-state index in [9.17, 15) is 18.4 Å². The molecule has 0 spiro atoms. The lowest BCUT2D eigenvalue weighted by Crippen LogP contribution is -2.46. The number of hydrogen-bond donors (Lipinski definition) is 0. The third kappa shape index (κ3) is 4.62. The highest BCUT2D eigenvalue weighted by Crippen LogP contribution is 2.33. The Morgan fingerprint density at radius 2 is 1.89 bits per heavy atom. The molecule has 3 aromatic heterocycles. The lowest BCUT2D eigenvalue weighted by atomic mass is 9.97. The van der Waals surface area contributed by atoms with Gasteiger partial charge in [-0.05, 0) is 42.8 Å². The Bertz CT molecular complexity index is 1400. The van der Waals surface area contributed by atoms with Gasteiger partial charge in [0.2, 0.25) is 0 Å². The predicted octanol–water partition coefficient (Wildman–Crippen LogP) is 4.27. The number of anilines is 1. The number of rotatable bonds is 5. The van der Waals surface area contributed by atoms with Crippen LogP contribution in [0, 0.1) is 11.3 Å². The van der Waals surface area contributed by atoms with Crippen LogP contribution in [0.2, 0.25) is 0 Å². The maximum atomic E-state index is 12.4. The molecule has 4 heterocycles. The summed E-state index contributed by atoms with van der Waals surface area (Å²) in [6, 6.07) is 11.0. The predicted molar refractivity (Wildman–Crippen MR) is 119 cm³/mol. The van der Waals surface area contributed by atoms with Gasteiger partial charge in [-0.2, -0.15) is 10.2 Å². The van der Waals surface area contributed by atoms with Gasteiger partial charge < -0.3 is 14.4 Å². The number of fused-ring (bicyclic) bond motifs is 3. The van der Waals surface area contributed by atoms with Crippen LogP contribution in [0.25, 0.3) is 16.8 Å². The van der Waals surface area contributed by atoms with Gasteiger partial charge in [-0.15, -0.1) is 23.4 Å². The zero-order chi connectivity index (χ0) is 24.6. The first-order valence-electron chi connectivity index (χ1n) is 11.0. The first-order valence-corrected chi connectivity index (χ1v) is 11.0. The highest BCUT2D eigenvalue weighted by Gasteiger charge is 2.32. The SMILES string of the molecule is CC[C@H]1C[C@@H](Oc2ccc(OC(F)(F)F)cc2)CCN1c1nc2nncn2c2ccc(C#N)nc12. The standard InChI is InChI=1S/C23H20F3N7O2/c1-2-15-11-18(34-16-4-6-17(7-5-16)35-23(24,25)26)9-10-32(15)21-20-19(8-3-14(12-27)29-20)33-13-28-31-22(33)30-21/h3-8,13,15,18H,2,9-11H2,1H3/t15-,18-/m0/s1. The molecule has 0 bridgehead atoms. The third-order valence-electron chi connectivity index (χ3n) is 5.97. The Balaban J connectivity index is 1.38. The van der Waals surface area contributed by atoms with Crippen LogP contribution in [0.5, 0.6) is 11.5 Å². The molecule has 2 atom stereocenters. The Hall–Kier alpha value is -4.14. The van der Waals surface area contributed by atoms with E-state index in [-0.39, 0.29) is 23.6 Å².